The molecular formula is C23H25ClN4O5. The molecule has 2 aliphatic rings. The van der Waals surface area contributed by atoms with Gasteiger partial charge in [-0.05, 0) is 30.7 Å². The number of furan rings is 1. The van der Waals surface area contributed by atoms with Gasteiger partial charge in [-0.15, -0.1) is 0 Å². The Bertz CT molecular complexity index is 1060. The van der Waals surface area contributed by atoms with Gasteiger partial charge in [-0.3, -0.25) is 9.69 Å². The smallest absolute Gasteiger partial charge is 0.338 e. The first kappa shape index (κ1) is 22.9. The Labute approximate surface area is 196 Å². The van der Waals surface area contributed by atoms with Crippen LogP contribution in [0.15, 0.2) is 58.3 Å². The van der Waals surface area contributed by atoms with Gasteiger partial charge in [0.25, 0.3) is 5.91 Å². The molecule has 2 aromatic rings. The molecular weight excluding hydrogens is 448 g/mol. The van der Waals surface area contributed by atoms with E-state index in [1.165, 1.54) is 6.26 Å². The number of urea groups is 1. The van der Waals surface area contributed by atoms with Crippen LogP contribution < -0.4 is 10.6 Å². The van der Waals surface area contributed by atoms with Crippen molar-refractivity contribution >= 4 is 29.5 Å². The normalized spacial score (nSPS) is 19.2. The monoisotopic (exact) mass is 472 g/mol. The molecule has 174 valence electrons. The number of ether oxygens (including phenoxy) is 1. The van der Waals surface area contributed by atoms with E-state index in [1.807, 2.05) is 0 Å². The highest BCUT2D eigenvalue weighted by atomic mass is 35.5. The fourth-order valence-corrected chi connectivity index (χ4v) is 4.27. The highest BCUT2D eigenvalue weighted by molar-refractivity contribution is 6.31. The van der Waals surface area contributed by atoms with Crippen LogP contribution >= 0.6 is 11.6 Å². The van der Waals surface area contributed by atoms with Crippen LogP contribution in [0.2, 0.25) is 5.02 Å². The molecule has 1 unspecified atom stereocenters. The zero-order chi connectivity index (χ0) is 23.4. The minimum Gasteiger partial charge on any atom is -0.463 e. The zero-order valence-electron chi connectivity index (χ0n) is 18.2. The number of hydrogen-bond acceptors (Lipinski definition) is 6. The zero-order valence-corrected chi connectivity index (χ0v) is 18.9. The molecule has 10 heteroatoms. The third-order valence-electron chi connectivity index (χ3n) is 5.64. The minimum atomic E-state index is -0.733. The van der Waals surface area contributed by atoms with Gasteiger partial charge in [0.1, 0.15) is 0 Å². The Morgan fingerprint density at radius 3 is 2.58 bits per heavy atom. The number of rotatable bonds is 6. The number of halogens is 1. The number of benzene rings is 1. The second-order valence-corrected chi connectivity index (χ2v) is 8.12. The van der Waals surface area contributed by atoms with Crippen LogP contribution in [-0.2, 0) is 9.53 Å². The van der Waals surface area contributed by atoms with Gasteiger partial charge < -0.3 is 24.7 Å². The Morgan fingerprint density at radius 2 is 1.91 bits per heavy atom. The lowest BCUT2D eigenvalue weighted by Gasteiger charge is -2.36. The molecule has 1 fully saturated rings. The van der Waals surface area contributed by atoms with Gasteiger partial charge in [0.2, 0.25) is 0 Å². The first-order chi connectivity index (χ1) is 16.0. The SMILES string of the molecule is CCOC(=O)C1=C(CN2CCN(C(=O)c3ccco3)CC2)NC(=O)NC1c1ccccc1Cl. The van der Waals surface area contributed by atoms with Crippen molar-refractivity contribution in [1.29, 1.82) is 0 Å². The van der Waals surface area contributed by atoms with Crippen LogP contribution in [0.1, 0.15) is 29.1 Å². The average Bonchev–Trinajstić information content (AvgIpc) is 3.34. The summed E-state index contributed by atoms with van der Waals surface area (Å²) in [6, 6.07) is 9.24. The molecule has 1 aromatic carbocycles. The molecule has 1 saturated heterocycles. The first-order valence-electron chi connectivity index (χ1n) is 10.7. The molecule has 33 heavy (non-hydrogen) atoms. The molecule has 1 atom stereocenters. The molecule has 0 saturated carbocycles. The number of piperazine rings is 1. The minimum absolute atomic E-state index is 0.153. The van der Waals surface area contributed by atoms with Crippen molar-refractivity contribution in [2.24, 2.45) is 0 Å². The topological polar surface area (TPSA) is 104 Å². The summed E-state index contributed by atoms with van der Waals surface area (Å²) in [5.74, 6) is -0.361. The molecule has 2 aliphatic heterocycles. The number of carbonyl (C=O) groups is 3. The Morgan fingerprint density at radius 1 is 1.15 bits per heavy atom. The van der Waals surface area contributed by atoms with E-state index < -0.39 is 18.0 Å². The molecule has 0 radical (unpaired) electrons. The number of carbonyl (C=O) groups excluding carboxylic acids is 3. The van der Waals surface area contributed by atoms with E-state index in [2.05, 4.69) is 15.5 Å². The van der Waals surface area contributed by atoms with E-state index in [0.717, 1.165) is 0 Å². The Kier molecular flexibility index (Phi) is 7.00. The highest BCUT2D eigenvalue weighted by Gasteiger charge is 2.35. The van der Waals surface area contributed by atoms with E-state index >= 15 is 0 Å². The van der Waals surface area contributed by atoms with Crippen molar-refractivity contribution in [3.63, 3.8) is 0 Å². The number of hydrogen-bond donors (Lipinski definition) is 2. The van der Waals surface area contributed by atoms with Gasteiger partial charge in [-0.2, -0.15) is 0 Å². The van der Waals surface area contributed by atoms with E-state index in [9.17, 15) is 14.4 Å². The van der Waals surface area contributed by atoms with E-state index in [1.54, 1.807) is 48.2 Å². The van der Waals surface area contributed by atoms with Crippen molar-refractivity contribution in [3.8, 4) is 0 Å². The van der Waals surface area contributed by atoms with Crippen molar-refractivity contribution in [2.45, 2.75) is 13.0 Å². The molecule has 1 aromatic heterocycles. The number of amides is 3. The van der Waals surface area contributed by atoms with E-state index in [0.29, 0.717) is 60.3 Å². The predicted molar refractivity (Wildman–Crippen MR) is 121 cm³/mol. The summed E-state index contributed by atoms with van der Waals surface area (Å²) >= 11 is 6.38. The largest absolute Gasteiger partial charge is 0.463 e. The summed E-state index contributed by atoms with van der Waals surface area (Å²) in [5.41, 5.74) is 1.40. The summed E-state index contributed by atoms with van der Waals surface area (Å²) in [7, 11) is 0. The summed E-state index contributed by atoms with van der Waals surface area (Å²) in [4.78, 5) is 41.7. The van der Waals surface area contributed by atoms with E-state index in [-0.39, 0.29) is 12.5 Å². The average molecular weight is 473 g/mol. The quantitative estimate of drug-likeness (QED) is 0.626. The Hall–Kier alpha value is -3.30. The second kappa shape index (κ2) is 10.1. The molecule has 3 heterocycles. The van der Waals surface area contributed by atoms with Crippen molar-refractivity contribution in [3.05, 3.63) is 70.3 Å². The first-order valence-corrected chi connectivity index (χ1v) is 11.1. The third kappa shape index (κ3) is 5.04. The van der Waals surface area contributed by atoms with Crippen LogP contribution in [0.25, 0.3) is 0 Å². The van der Waals surface area contributed by atoms with Crippen molar-refractivity contribution < 1.29 is 23.5 Å². The van der Waals surface area contributed by atoms with Crippen molar-refractivity contribution in [1.82, 2.24) is 20.4 Å². The number of nitrogens with one attached hydrogen (secondary N) is 2. The van der Waals surface area contributed by atoms with E-state index in [4.69, 9.17) is 20.8 Å². The van der Waals surface area contributed by atoms with Crippen LogP contribution in [0.4, 0.5) is 4.79 Å². The molecule has 0 aliphatic carbocycles. The maximum absolute atomic E-state index is 12.9. The summed E-state index contributed by atoms with van der Waals surface area (Å²) in [6.07, 6.45) is 1.47. The van der Waals surface area contributed by atoms with Gasteiger partial charge in [-0.25, -0.2) is 9.59 Å². The summed E-state index contributed by atoms with van der Waals surface area (Å²) in [6.45, 7) is 4.41. The van der Waals surface area contributed by atoms with Gasteiger partial charge in [0.05, 0.1) is 24.5 Å². The molecule has 4 rings (SSSR count). The van der Waals surface area contributed by atoms with Crippen LogP contribution in [-0.4, -0.2) is 67.0 Å². The number of esters is 1. The van der Waals surface area contributed by atoms with Gasteiger partial charge in [0.15, 0.2) is 5.76 Å². The lowest BCUT2D eigenvalue weighted by Crippen LogP contribution is -2.52. The van der Waals surface area contributed by atoms with Crippen molar-refractivity contribution in [2.75, 3.05) is 39.3 Å². The summed E-state index contributed by atoms with van der Waals surface area (Å²) in [5, 5.41) is 6.01. The Balaban J connectivity index is 1.55. The maximum atomic E-state index is 12.9. The fraction of sp³-hybridized carbons (Fsp3) is 0.348. The third-order valence-corrected chi connectivity index (χ3v) is 5.98. The number of nitrogens with zero attached hydrogens (tertiary/aromatic N) is 2. The molecule has 9 nitrogen and oxygen atoms in total. The standard InChI is InChI=1S/C23H25ClN4O5/c1-2-32-22(30)19-17(25-23(31)26-20(19)15-6-3-4-7-16(15)24)14-27-9-11-28(12-10-27)21(29)18-8-5-13-33-18/h3-8,13,20H,2,9-12,14H2,1H3,(H2,25,26,31). The van der Waals surface area contributed by atoms with Crippen LogP contribution in [0.5, 0.6) is 0 Å². The van der Waals surface area contributed by atoms with Gasteiger partial charge in [-0.1, -0.05) is 29.8 Å². The lowest BCUT2D eigenvalue weighted by atomic mass is 9.94. The van der Waals surface area contributed by atoms with Gasteiger partial charge >= 0.3 is 12.0 Å². The highest BCUT2D eigenvalue weighted by Crippen LogP contribution is 2.32. The molecule has 0 bridgehead atoms. The van der Waals surface area contributed by atoms with Crippen LogP contribution in [0, 0.1) is 0 Å². The lowest BCUT2D eigenvalue weighted by molar-refractivity contribution is -0.139. The fourth-order valence-electron chi connectivity index (χ4n) is 4.02. The molecule has 2 N–H and O–H groups in total. The maximum Gasteiger partial charge on any atom is 0.338 e. The summed E-state index contributed by atoms with van der Waals surface area (Å²) < 4.78 is 10.5. The second-order valence-electron chi connectivity index (χ2n) is 7.71. The van der Waals surface area contributed by atoms with Gasteiger partial charge in [0, 0.05) is 43.4 Å². The van der Waals surface area contributed by atoms with Crippen LogP contribution in [0.3, 0.4) is 0 Å². The molecule has 0 spiro atoms. The predicted octanol–water partition coefficient (Wildman–Crippen LogP) is 2.56. The molecule has 3 amide bonds.